The van der Waals surface area contributed by atoms with E-state index in [1.165, 1.54) is 29.2 Å². The average molecular weight is 448 g/mol. The number of benzene rings is 3. The maximum absolute atomic E-state index is 13.6. The molecule has 2 amide bonds. The van der Waals surface area contributed by atoms with Crippen molar-refractivity contribution in [3.63, 3.8) is 0 Å². The van der Waals surface area contributed by atoms with Gasteiger partial charge in [-0.3, -0.25) is 19.7 Å². The Labute approximate surface area is 196 Å². The van der Waals surface area contributed by atoms with Gasteiger partial charge in [0.25, 0.3) is 5.69 Å². The second-order valence-electron chi connectivity index (χ2n) is 8.84. The van der Waals surface area contributed by atoms with Gasteiger partial charge in [-0.2, -0.15) is 0 Å². The topological polar surface area (TPSA) is 80.5 Å². The average Bonchev–Trinajstić information content (AvgIpc) is 3.50. The third kappa shape index (κ3) is 2.88. The first-order valence-corrected chi connectivity index (χ1v) is 11.2. The van der Waals surface area contributed by atoms with E-state index < -0.39 is 16.8 Å². The number of nitro benzene ring substituents is 1. The summed E-state index contributed by atoms with van der Waals surface area (Å²) < 4.78 is 0. The summed E-state index contributed by atoms with van der Waals surface area (Å²) in [5, 5.41) is 11.0. The molecule has 4 atom stereocenters. The molecule has 2 aliphatic carbocycles. The van der Waals surface area contributed by atoms with Gasteiger partial charge < -0.3 is 0 Å². The van der Waals surface area contributed by atoms with Gasteiger partial charge in [0.2, 0.25) is 11.8 Å². The van der Waals surface area contributed by atoms with Crippen LogP contribution in [0.1, 0.15) is 11.1 Å². The molecular weight excluding hydrogens is 428 g/mol. The fraction of sp³-hybridized carbons (Fsp3) is 0.143. The number of fused-ring (bicyclic) bond motifs is 5. The van der Waals surface area contributed by atoms with Crippen LogP contribution >= 0.6 is 0 Å². The summed E-state index contributed by atoms with van der Waals surface area (Å²) in [6.45, 7) is 0. The minimum absolute atomic E-state index is 0.0784. The van der Waals surface area contributed by atoms with E-state index in [4.69, 9.17) is 0 Å². The molecular formula is C28H20N2O4. The van der Waals surface area contributed by atoms with Crippen LogP contribution in [0.2, 0.25) is 0 Å². The molecule has 166 valence electrons. The minimum atomic E-state index is -0.498. The maximum Gasteiger partial charge on any atom is 0.269 e. The van der Waals surface area contributed by atoms with Gasteiger partial charge in [-0.25, -0.2) is 4.90 Å². The maximum atomic E-state index is 13.6. The Morgan fingerprint density at radius 1 is 0.706 bits per heavy atom. The number of rotatable bonds is 4. The van der Waals surface area contributed by atoms with Crippen LogP contribution in [-0.4, -0.2) is 16.7 Å². The standard InChI is InChI=1S/C28H20N2O4/c31-27-25-21-15-16-22(26(25)28(32)29(27)19-11-13-20(14-12-19)30(33)34)24(21)23(17-7-3-1-4-8-17)18-9-5-2-6-10-18/h1-16,21-22,25-26H/t21-,22-,25-,26-/m1/s1. The summed E-state index contributed by atoms with van der Waals surface area (Å²) in [5.41, 5.74) is 4.64. The van der Waals surface area contributed by atoms with Crippen molar-refractivity contribution in [2.45, 2.75) is 0 Å². The summed E-state index contributed by atoms with van der Waals surface area (Å²) in [5.74, 6) is -1.72. The molecule has 2 fully saturated rings. The second-order valence-corrected chi connectivity index (χ2v) is 8.84. The van der Waals surface area contributed by atoms with Gasteiger partial charge >= 0.3 is 0 Å². The van der Waals surface area contributed by atoms with E-state index in [1.807, 2.05) is 36.4 Å². The van der Waals surface area contributed by atoms with E-state index in [-0.39, 0.29) is 29.3 Å². The van der Waals surface area contributed by atoms with Crippen molar-refractivity contribution in [2.75, 3.05) is 4.90 Å². The van der Waals surface area contributed by atoms with Crippen molar-refractivity contribution in [2.24, 2.45) is 23.7 Å². The molecule has 6 nitrogen and oxygen atoms in total. The van der Waals surface area contributed by atoms with E-state index in [0.29, 0.717) is 5.69 Å². The number of anilines is 1. The molecule has 1 heterocycles. The van der Waals surface area contributed by atoms with E-state index in [9.17, 15) is 19.7 Å². The van der Waals surface area contributed by atoms with Gasteiger partial charge in [-0.1, -0.05) is 72.8 Å². The molecule has 0 N–H and O–H groups in total. The van der Waals surface area contributed by atoms with Crippen LogP contribution in [0.5, 0.6) is 0 Å². The lowest BCUT2D eigenvalue weighted by molar-refractivity contribution is -0.384. The normalized spacial score (nSPS) is 24.6. The molecule has 1 saturated carbocycles. The highest BCUT2D eigenvalue weighted by Crippen LogP contribution is 2.58. The molecule has 3 aliphatic rings. The Kier molecular flexibility index (Phi) is 4.55. The smallest absolute Gasteiger partial charge is 0.269 e. The molecule has 3 aromatic rings. The van der Waals surface area contributed by atoms with Crippen LogP contribution < -0.4 is 4.90 Å². The molecule has 3 aromatic carbocycles. The zero-order chi connectivity index (χ0) is 23.4. The largest absolute Gasteiger partial charge is 0.274 e. The Hall–Kier alpha value is -4.32. The third-order valence-electron chi connectivity index (χ3n) is 7.15. The minimum Gasteiger partial charge on any atom is -0.274 e. The lowest BCUT2D eigenvalue weighted by atomic mass is 9.85. The van der Waals surface area contributed by atoms with Crippen molar-refractivity contribution in [1.82, 2.24) is 0 Å². The first-order valence-electron chi connectivity index (χ1n) is 11.2. The van der Waals surface area contributed by atoms with Crippen molar-refractivity contribution >= 4 is 28.8 Å². The van der Waals surface area contributed by atoms with Crippen LogP contribution in [0.4, 0.5) is 11.4 Å². The van der Waals surface area contributed by atoms with Crippen LogP contribution in [0.3, 0.4) is 0 Å². The van der Waals surface area contributed by atoms with E-state index >= 15 is 0 Å². The highest BCUT2D eigenvalue weighted by Gasteiger charge is 2.62. The molecule has 6 heteroatoms. The number of nitro groups is 1. The van der Waals surface area contributed by atoms with Gasteiger partial charge in [-0.15, -0.1) is 0 Å². The quantitative estimate of drug-likeness (QED) is 0.243. The molecule has 1 saturated heterocycles. The van der Waals surface area contributed by atoms with Crippen molar-refractivity contribution in [1.29, 1.82) is 0 Å². The zero-order valence-corrected chi connectivity index (χ0v) is 18.1. The number of hydrogen-bond acceptors (Lipinski definition) is 4. The van der Waals surface area contributed by atoms with Gasteiger partial charge in [0.15, 0.2) is 0 Å². The summed E-state index contributed by atoms with van der Waals surface area (Å²) in [4.78, 5) is 38.8. The summed E-state index contributed by atoms with van der Waals surface area (Å²) >= 11 is 0. The highest BCUT2D eigenvalue weighted by atomic mass is 16.6. The highest BCUT2D eigenvalue weighted by molar-refractivity contribution is 6.23. The lowest BCUT2D eigenvalue weighted by Crippen LogP contribution is -2.33. The molecule has 0 unspecified atom stereocenters. The molecule has 34 heavy (non-hydrogen) atoms. The number of hydrogen-bond donors (Lipinski definition) is 0. The molecule has 0 radical (unpaired) electrons. The van der Waals surface area contributed by atoms with Crippen LogP contribution in [0.25, 0.3) is 5.57 Å². The number of non-ortho nitro benzene ring substituents is 1. The van der Waals surface area contributed by atoms with Crippen LogP contribution in [-0.2, 0) is 9.59 Å². The number of nitrogens with zero attached hydrogens (tertiary/aromatic N) is 2. The fourth-order valence-corrected chi connectivity index (χ4v) is 5.78. The van der Waals surface area contributed by atoms with Crippen molar-refractivity contribution in [3.8, 4) is 0 Å². The first kappa shape index (κ1) is 20.3. The van der Waals surface area contributed by atoms with Gasteiger partial charge in [-0.05, 0) is 34.4 Å². The first-order chi connectivity index (χ1) is 16.6. The summed E-state index contributed by atoms with van der Waals surface area (Å²) in [6, 6.07) is 25.8. The van der Waals surface area contributed by atoms with E-state index in [0.717, 1.165) is 22.3 Å². The van der Waals surface area contributed by atoms with E-state index in [2.05, 4.69) is 36.4 Å². The molecule has 1 aliphatic heterocycles. The predicted molar refractivity (Wildman–Crippen MR) is 128 cm³/mol. The Morgan fingerprint density at radius 3 is 1.62 bits per heavy atom. The zero-order valence-electron chi connectivity index (χ0n) is 18.1. The van der Waals surface area contributed by atoms with Crippen LogP contribution in [0.15, 0.2) is 103 Å². The van der Waals surface area contributed by atoms with E-state index in [1.54, 1.807) is 0 Å². The molecule has 0 aromatic heterocycles. The molecule has 2 bridgehead atoms. The van der Waals surface area contributed by atoms with Gasteiger partial charge in [0.1, 0.15) is 0 Å². The molecule has 0 spiro atoms. The monoisotopic (exact) mass is 448 g/mol. The second kappa shape index (κ2) is 7.63. The van der Waals surface area contributed by atoms with Crippen molar-refractivity contribution in [3.05, 3.63) is 124 Å². The Balaban J connectivity index is 1.44. The number of imide groups is 1. The SMILES string of the molecule is O=C1[C@H]2[C@H](C(=O)N1c1ccc([N+](=O)[O-])cc1)[C@@H]1C=C[C@@H]2C1=C(c1ccccc1)c1ccccc1. The lowest BCUT2D eigenvalue weighted by Gasteiger charge is -2.21. The summed E-state index contributed by atoms with van der Waals surface area (Å²) in [7, 11) is 0. The number of carbonyl (C=O) groups excluding carboxylic acids is 2. The Morgan fingerprint density at radius 2 is 1.18 bits per heavy atom. The predicted octanol–water partition coefficient (Wildman–Crippen LogP) is 5.02. The third-order valence-corrected chi connectivity index (χ3v) is 7.15. The van der Waals surface area contributed by atoms with Crippen molar-refractivity contribution < 1.29 is 14.5 Å². The number of amides is 2. The fourth-order valence-electron chi connectivity index (χ4n) is 5.78. The van der Waals surface area contributed by atoms with Crippen LogP contribution in [0, 0.1) is 33.8 Å². The van der Waals surface area contributed by atoms with Gasteiger partial charge in [0, 0.05) is 24.0 Å². The summed E-state index contributed by atoms with van der Waals surface area (Å²) in [6.07, 6.45) is 4.13. The molecule has 6 rings (SSSR count). The number of allylic oxidation sites excluding steroid dienone is 3. The Bertz CT molecular complexity index is 1300. The number of carbonyl (C=O) groups is 2. The van der Waals surface area contributed by atoms with Gasteiger partial charge in [0.05, 0.1) is 22.4 Å².